The van der Waals surface area contributed by atoms with Gasteiger partial charge in [0, 0.05) is 33.7 Å². The lowest BCUT2D eigenvalue weighted by Gasteiger charge is -2.23. The molecule has 1 aromatic carbocycles. The lowest BCUT2D eigenvalue weighted by Crippen LogP contribution is -2.45. The second kappa shape index (κ2) is 4.95. The van der Waals surface area contributed by atoms with Crippen LogP contribution in [0.3, 0.4) is 0 Å². The minimum atomic E-state index is -0.0242. The van der Waals surface area contributed by atoms with Crippen LogP contribution in [-0.2, 0) is 12.8 Å². The van der Waals surface area contributed by atoms with Crippen LogP contribution in [-0.4, -0.2) is 23.1 Å². The number of halogens is 1. The highest BCUT2D eigenvalue weighted by atomic mass is 35.5. The van der Waals surface area contributed by atoms with Crippen LogP contribution in [0.15, 0.2) is 18.2 Å². The summed E-state index contributed by atoms with van der Waals surface area (Å²) in [5, 5.41) is 8.03. The molecule has 0 aliphatic heterocycles. The van der Waals surface area contributed by atoms with Crippen molar-refractivity contribution in [3.63, 3.8) is 0 Å². The molecule has 3 N–H and O–H groups in total. The molecule has 0 bridgehead atoms. The zero-order chi connectivity index (χ0) is 14.4. The number of benzene rings is 1. The lowest BCUT2D eigenvalue weighted by molar-refractivity contribution is 0.235. The van der Waals surface area contributed by atoms with Crippen LogP contribution in [0.5, 0.6) is 0 Å². The molecule has 2 aliphatic rings. The number of aromatic amines is 1. The van der Waals surface area contributed by atoms with Crippen molar-refractivity contribution in [1.29, 1.82) is 0 Å². The van der Waals surface area contributed by atoms with E-state index in [4.69, 9.17) is 11.6 Å². The maximum absolute atomic E-state index is 11.9. The Labute approximate surface area is 128 Å². The maximum atomic E-state index is 11.9. The van der Waals surface area contributed by atoms with Gasteiger partial charge in [0.2, 0.25) is 0 Å². The van der Waals surface area contributed by atoms with Crippen LogP contribution in [0.25, 0.3) is 10.9 Å². The first-order valence-corrected chi connectivity index (χ1v) is 7.93. The topological polar surface area (TPSA) is 56.9 Å². The first-order chi connectivity index (χ1) is 10.2. The van der Waals surface area contributed by atoms with Gasteiger partial charge in [0.05, 0.1) is 0 Å². The molecule has 4 rings (SSSR count). The zero-order valence-electron chi connectivity index (χ0n) is 11.7. The fraction of sp³-hybridized carbons (Fsp3) is 0.438. The number of hydrogen-bond acceptors (Lipinski definition) is 1. The number of fused-ring (bicyclic) bond motifs is 3. The molecule has 2 aromatic rings. The van der Waals surface area contributed by atoms with Crippen molar-refractivity contribution >= 4 is 28.5 Å². The van der Waals surface area contributed by atoms with E-state index < -0.39 is 0 Å². The summed E-state index contributed by atoms with van der Waals surface area (Å²) in [5.74, 6) is 0. The van der Waals surface area contributed by atoms with Crippen molar-refractivity contribution in [3.05, 3.63) is 34.5 Å². The minimum Gasteiger partial charge on any atom is -0.358 e. The molecule has 0 radical (unpaired) electrons. The van der Waals surface area contributed by atoms with Crippen molar-refractivity contribution in [2.75, 3.05) is 0 Å². The molecule has 4 nitrogen and oxygen atoms in total. The summed E-state index contributed by atoms with van der Waals surface area (Å²) in [4.78, 5) is 15.4. The van der Waals surface area contributed by atoms with E-state index in [0.29, 0.717) is 6.04 Å². The van der Waals surface area contributed by atoms with Gasteiger partial charge in [-0.1, -0.05) is 11.6 Å². The summed E-state index contributed by atoms with van der Waals surface area (Å²) in [6.45, 7) is 0. The third-order valence-corrected chi connectivity index (χ3v) is 4.63. The van der Waals surface area contributed by atoms with Gasteiger partial charge in [-0.25, -0.2) is 4.79 Å². The molecule has 0 spiro atoms. The molecule has 5 heteroatoms. The van der Waals surface area contributed by atoms with Crippen molar-refractivity contribution in [3.8, 4) is 0 Å². The fourth-order valence-corrected chi connectivity index (χ4v) is 3.32. The Bertz CT molecular complexity index is 705. The first kappa shape index (κ1) is 13.0. The Kier molecular flexibility index (Phi) is 3.07. The molecular formula is C16H18ClN3O. The molecule has 1 fully saturated rings. The van der Waals surface area contributed by atoms with Crippen LogP contribution in [0.4, 0.5) is 4.79 Å². The number of carbonyl (C=O) groups is 1. The summed E-state index contributed by atoms with van der Waals surface area (Å²) < 4.78 is 0. The van der Waals surface area contributed by atoms with Gasteiger partial charge in [-0.05, 0) is 55.9 Å². The minimum absolute atomic E-state index is 0.0242. The quantitative estimate of drug-likeness (QED) is 0.784. The summed E-state index contributed by atoms with van der Waals surface area (Å²) in [5.41, 5.74) is 3.72. The highest BCUT2D eigenvalue weighted by Crippen LogP contribution is 2.31. The van der Waals surface area contributed by atoms with E-state index >= 15 is 0 Å². The molecule has 1 saturated carbocycles. The van der Waals surface area contributed by atoms with Crippen LogP contribution in [0, 0.1) is 0 Å². The van der Waals surface area contributed by atoms with Gasteiger partial charge in [0.15, 0.2) is 0 Å². The van der Waals surface area contributed by atoms with Crippen LogP contribution >= 0.6 is 11.6 Å². The molecule has 21 heavy (non-hydrogen) atoms. The fourth-order valence-electron chi connectivity index (χ4n) is 3.15. The molecule has 110 valence electrons. The Hall–Kier alpha value is -1.68. The van der Waals surface area contributed by atoms with Gasteiger partial charge in [-0.3, -0.25) is 0 Å². The molecule has 0 saturated heterocycles. The van der Waals surface area contributed by atoms with Gasteiger partial charge in [-0.2, -0.15) is 0 Å². The number of aromatic nitrogens is 1. The second-order valence-corrected chi connectivity index (χ2v) is 6.54. The molecular weight excluding hydrogens is 286 g/mol. The molecule has 2 aliphatic carbocycles. The number of hydrogen-bond donors (Lipinski definition) is 3. The van der Waals surface area contributed by atoms with Gasteiger partial charge in [-0.15, -0.1) is 0 Å². The number of amides is 2. The normalized spacial score (nSPS) is 21.1. The second-order valence-electron chi connectivity index (χ2n) is 6.10. The molecule has 2 amide bonds. The third-order valence-electron chi connectivity index (χ3n) is 4.40. The number of rotatable bonds is 2. The van der Waals surface area contributed by atoms with Crippen molar-refractivity contribution < 1.29 is 4.79 Å². The van der Waals surface area contributed by atoms with E-state index in [1.54, 1.807) is 0 Å². The number of nitrogens with one attached hydrogen (secondary N) is 3. The standard InChI is InChI=1S/C16H18ClN3O/c17-9-1-5-14-12(7-9)13-8-11(4-6-15(13)20-14)19-16(21)18-10-2-3-10/h1,5,7,10-11,20H,2-4,6,8H2,(H2,18,19,21). The van der Waals surface area contributed by atoms with E-state index in [1.165, 1.54) is 16.6 Å². The third kappa shape index (κ3) is 2.60. The Balaban J connectivity index is 1.54. The lowest BCUT2D eigenvalue weighted by atomic mass is 9.91. The van der Waals surface area contributed by atoms with Gasteiger partial charge >= 0.3 is 6.03 Å². The predicted octanol–water partition coefficient (Wildman–Crippen LogP) is 3.14. The van der Waals surface area contributed by atoms with E-state index in [0.717, 1.165) is 42.6 Å². The average Bonchev–Trinajstić information content (AvgIpc) is 3.19. The van der Waals surface area contributed by atoms with Crippen LogP contribution in [0.2, 0.25) is 5.02 Å². The molecule has 1 atom stereocenters. The predicted molar refractivity (Wildman–Crippen MR) is 83.8 cm³/mol. The van der Waals surface area contributed by atoms with Crippen molar-refractivity contribution in [1.82, 2.24) is 15.6 Å². The number of H-pyrrole nitrogens is 1. The van der Waals surface area contributed by atoms with Crippen molar-refractivity contribution in [2.24, 2.45) is 0 Å². The van der Waals surface area contributed by atoms with Crippen molar-refractivity contribution in [2.45, 2.75) is 44.2 Å². The monoisotopic (exact) mass is 303 g/mol. The molecule has 1 aromatic heterocycles. The summed E-state index contributed by atoms with van der Waals surface area (Å²) >= 11 is 6.11. The largest absolute Gasteiger partial charge is 0.358 e. The Morgan fingerprint density at radius 2 is 2.00 bits per heavy atom. The van der Waals surface area contributed by atoms with Crippen LogP contribution < -0.4 is 10.6 Å². The summed E-state index contributed by atoms with van der Waals surface area (Å²) in [6, 6.07) is 6.52. The SMILES string of the molecule is O=C(NC1CC1)NC1CCc2[nH]c3ccc(Cl)cc3c2C1. The first-order valence-electron chi connectivity index (χ1n) is 7.55. The molecule has 1 heterocycles. The smallest absolute Gasteiger partial charge is 0.315 e. The average molecular weight is 304 g/mol. The summed E-state index contributed by atoms with van der Waals surface area (Å²) in [6.07, 6.45) is 5.04. The van der Waals surface area contributed by atoms with E-state index in [-0.39, 0.29) is 12.1 Å². The van der Waals surface area contributed by atoms with Gasteiger partial charge in [0.1, 0.15) is 0 Å². The van der Waals surface area contributed by atoms with E-state index in [2.05, 4.69) is 15.6 Å². The number of urea groups is 1. The van der Waals surface area contributed by atoms with Gasteiger partial charge < -0.3 is 15.6 Å². The number of carbonyl (C=O) groups excluding carboxylic acids is 1. The highest BCUT2D eigenvalue weighted by Gasteiger charge is 2.27. The van der Waals surface area contributed by atoms with Crippen LogP contribution in [0.1, 0.15) is 30.5 Å². The molecule has 1 unspecified atom stereocenters. The number of aryl methyl sites for hydroxylation is 1. The van der Waals surface area contributed by atoms with E-state index in [1.807, 2.05) is 18.2 Å². The highest BCUT2D eigenvalue weighted by molar-refractivity contribution is 6.31. The Morgan fingerprint density at radius 1 is 1.19 bits per heavy atom. The maximum Gasteiger partial charge on any atom is 0.315 e. The Morgan fingerprint density at radius 3 is 2.81 bits per heavy atom. The zero-order valence-corrected chi connectivity index (χ0v) is 12.5. The van der Waals surface area contributed by atoms with Gasteiger partial charge in [0.25, 0.3) is 0 Å². The van der Waals surface area contributed by atoms with E-state index in [9.17, 15) is 4.79 Å². The summed E-state index contributed by atoms with van der Waals surface area (Å²) in [7, 11) is 0.